The van der Waals surface area contributed by atoms with Crippen LogP contribution in [0.4, 0.5) is 4.79 Å². The summed E-state index contributed by atoms with van der Waals surface area (Å²) in [7, 11) is 5.17. The number of benzene rings is 1. The van der Waals surface area contributed by atoms with Crippen LogP contribution < -0.4 is 10.6 Å². The number of ether oxygens (including phenoxy) is 5. The SMILES string of the molecule is CO[C@]1(C)C[C@@H](C)C(=O)[C@H](C)[C@H]2NC(=O)O[C@]2(C)[C@@H](CCNC(=O)CCc2ccnc3ccccc23)OC(=O)[C@H](C)C(=O)[C@H](C)[C@H]1OC1OC(C)CC(N(C)C)C1O. The second-order valence-electron chi connectivity index (χ2n) is 17.1. The summed E-state index contributed by atoms with van der Waals surface area (Å²) in [6, 6.07) is 8.35. The molecule has 0 radical (unpaired) electrons. The number of nitrogens with one attached hydrogen (secondary N) is 2. The first-order valence-electron chi connectivity index (χ1n) is 20.4. The Hall–Kier alpha value is -4.02. The summed E-state index contributed by atoms with van der Waals surface area (Å²) in [5.41, 5.74) is -1.03. The summed E-state index contributed by atoms with van der Waals surface area (Å²) in [4.78, 5) is 75.2. The number of aliphatic hydroxyl groups is 1. The fourth-order valence-electron chi connectivity index (χ4n) is 9.09. The first-order chi connectivity index (χ1) is 27.3. The number of ketones is 2. The van der Waals surface area contributed by atoms with Gasteiger partial charge in [-0.2, -0.15) is 0 Å². The number of nitrogens with zero attached hydrogens (tertiary/aromatic N) is 2. The summed E-state index contributed by atoms with van der Waals surface area (Å²) in [6.45, 7) is 11.8. The second kappa shape index (κ2) is 18.5. The number of pyridine rings is 1. The van der Waals surface area contributed by atoms with Gasteiger partial charge in [-0.3, -0.25) is 24.2 Å². The molecule has 1 aromatic carbocycles. The van der Waals surface area contributed by atoms with E-state index in [1.807, 2.05) is 56.3 Å². The van der Waals surface area contributed by atoms with E-state index >= 15 is 0 Å². The maximum Gasteiger partial charge on any atom is 0.408 e. The van der Waals surface area contributed by atoms with Crippen LogP contribution in [-0.4, -0.2) is 126 Å². The molecule has 4 unspecified atom stereocenters. The summed E-state index contributed by atoms with van der Waals surface area (Å²) in [5, 5.41) is 18.1. The molecule has 1 aromatic heterocycles. The largest absolute Gasteiger partial charge is 0.457 e. The summed E-state index contributed by atoms with van der Waals surface area (Å²) >= 11 is 0. The lowest BCUT2D eigenvalue weighted by Crippen LogP contribution is -2.60. The molecular formula is C43H62N4O11. The number of carbonyl (C=O) groups excluding carboxylic acids is 5. The highest BCUT2D eigenvalue weighted by atomic mass is 16.7. The first-order valence-corrected chi connectivity index (χ1v) is 20.4. The van der Waals surface area contributed by atoms with E-state index in [0.717, 1.165) is 16.5 Å². The lowest BCUT2D eigenvalue weighted by Gasteiger charge is -2.47. The lowest BCUT2D eigenvalue weighted by atomic mass is 9.73. The van der Waals surface area contributed by atoms with Crippen LogP contribution >= 0.6 is 0 Å². The molecule has 320 valence electrons. The number of aromatic nitrogens is 1. The number of cyclic esters (lactones) is 1. The molecule has 2 aromatic rings. The molecule has 58 heavy (non-hydrogen) atoms. The van der Waals surface area contributed by atoms with Crippen LogP contribution in [0.5, 0.6) is 0 Å². The third-order valence-corrected chi connectivity index (χ3v) is 12.6. The Morgan fingerprint density at radius 1 is 1.03 bits per heavy atom. The van der Waals surface area contributed by atoms with E-state index in [0.29, 0.717) is 12.8 Å². The number of fused-ring (bicyclic) bond motifs is 2. The number of esters is 1. The maximum absolute atomic E-state index is 14.4. The average Bonchev–Trinajstić information content (AvgIpc) is 3.51. The monoisotopic (exact) mass is 810 g/mol. The Labute approximate surface area is 341 Å². The molecule has 3 saturated heterocycles. The number of Topliss-reactive ketones (excluding diaryl/α,β-unsaturated/α-hetero) is 2. The van der Waals surface area contributed by atoms with E-state index in [1.165, 1.54) is 14.0 Å². The van der Waals surface area contributed by atoms with E-state index in [4.69, 9.17) is 23.7 Å². The van der Waals surface area contributed by atoms with Crippen molar-refractivity contribution in [1.82, 2.24) is 20.5 Å². The van der Waals surface area contributed by atoms with Crippen molar-refractivity contribution < 1.29 is 52.8 Å². The van der Waals surface area contributed by atoms with Crippen LogP contribution in [0.3, 0.4) is 0 Å². The molecule has 0 bridgehead atoms. The van der Waals surface area contributed by atoms with Gasteiger partial charge in [-0.05, 0) is 78.7 Å². The van der Waals surface area contributed by atoms with Crippen molar-refractivity contribution in [3.8, 4) is 0 Å². The number of aliphatic hydroxyl groups excluding tert-OH is 1. The minimum Gasteiger partial charge on any atom is -0.457 e. The third kappa shape index (κ3) is 9.54. The zero-order valence-electron chi connectivity index (χ0n) is 35.5. The molecule has 4 heterocycles. The van der Waals surface area contributed by atoms with Gasteiger partial charge in [-0.1, -0.05) is 39.0 Å². The molecule has 3 aliphatic rings. The number of amides is 2. The molecular weight excluding hydrogens is 748 g/mol. The summed E-state index contributed by atoms with van der Waals surface area (Å²) in [6.07, 6.45) is -2.53. The Kier molecular flexibility index (Phi) is 14.4. The zero-order chi connectivity index (χ0) is 42.7. The predicted octanol–water partition coefficient (Wildman–Crippen LogP) is 3.76. The van der Waals surface area contributed by atoms with Gasteiger partial charge in [0.15, 0.2) is 17.7 Å². The molecule has 0 aliphatic carbocycles. The number of carbonyl (C=O) groups is 5. The molecule has 3 fully saturated rings. The van der Waals surface area contributed by atoms with Crippen molar-refractivity contribution in [2.75, 3.05) is 27.7 Å². The maximum atomic E-state index is 14.4. The molecule has 3 aliphatic heterocycles. The molecule has 5 rings (SSSR count). The Morgan fingerprint density at radius 3 is 2.43 bits per heavy atom. The normalized spacial score (nSPS) is 36.4. The Balaban J connectivity index is 1.41. The smallest absolute Gasteiger partial charge is 0.408 e. The molecule has 15 heteroatoms. The van der Waals surface area contributed by atoms with Crippen molar-refractivity contribution >= 4 is 40.4 Å². The van der Waals surface area contributed by atoms with Gasteiger partial charge >= 0.3 is 12.1 Å². The summed E-state index contributed by atoms with van der Waals surface area (Å²) in [5.74, 6) is -5.71. The number of hydrogen-bond acceptors (Lipinski definition) is 13. The first kappa shape index (κ1) is 45.1. The molecule has 2 amide bonds. The number of likely N-dealkylation sites (N-methyl/N-ethyl adjacent to an activating group) is 1. The Morgan fingerprint density at radius 2 is 1.74 bits per heavy atom. The highest BCUT2D eigenvalue weighted by molar-refractivity contribution is 6.00. The minimum atomic E-state index is -1.55. The van der Waals surface area contributed by atoms with Crippen LogP contribution in [0.2, 0.25) is 0 Å². The number of rotatable bonds is 10. The van der Waals surface area contributed by atoms with E-state index < -0.39 is 83.4 Å². The topological polar surface area (TPSA) is 192 Å². The van der Waals surface area contributed by atoms with Crippen molar-refractivity contribution in [2.45, 2.75) is 135 Å². The number of methoxy groups -OCH3 is 1. The van der Waals surface area contributed by atoms with E-state index in [1.54, 1.807) is 40.8 Å². The Bertz CT molecular complexity index is 1820. The quantitative estimate of drug-likeness (QED) is 0.233. The highest BCUT2D eigenvalue weighted by Crippen LogP contribution is 2.40. The number of alkyl carbamates (subject to hydrolysis) is 1. The highest BCUT2D eigenvalue weighted by Gasteiger charge is 2.57. The van der Waals surface area contributed by atoms with Crippen LogP contribution in [0.25, 0.3) is 10.9 Å². The van der Waals surface area contributed by atoms with Crippen molar-refractivity contribution in [3.05, 3.63) is 42.1 Å². The molecule has 0 spiro atoms. The van der Waals surface area contributed by atoms with Crippen molar-refractivity contribution in [2.24, 2.45) is 23.7 Å². The minimum absolute atomic E-state index is 0.0141. The van der Waals surface area contributed by atoms with Crippen molar-refractivity contribution in [1.29, 1.82) is 0 Å². The number of hydrogen-bond donors (Lipinski definition) is 3. The van der Waals surface area contributed by atoms with Gasteiger partial charge in [0.2, 0.25) is 5.91 Å². The number of para-hydroxylation sites is 1. The average molecular weight is 811 g/mol. The van der Waals surface area contributed by atoms with Gasteiger partial charge in [-0.15, -0.1) is 0 Å². The fourth-order valence-corrected chi connectivity index (χ4v) is 9.09. The van der Waals surface area contributed by atoms with Gasteiger partial charge in [0.05, 0.1) is 29.4 Å². The van der Waals surface area contributed by atoms with Crippen LogP contribution in [0, 0.1) is 23.7 Å². The van der Waals surface area contributed by atoms with Gasteiger partial charge in [0.25, 0.3) is 0 Å². The molecule has 0 saturated carbocycles. The van der Waals surface area contributed by atoms with Crippen LogP contribution in [0.1, 0.15) is 79.7 Å². The van der Waals surface area contributed by atoms with Crippen molar-refractivity contribution in [3.63, 3.8) is 0 Å². The summed E-state index contributed by atoms with van der Waals surface area (Å²) < 4.78 is 30.7. The fraction of sp³-hybridized carbons (Fsp3) is 0.674. The standard InChI is InChI=1S/C43H62N4O11/c1-23-22-42(6,54-10)38(57-40-36(51)31(47(8)9)21-24(2)55-40)26(4)35(50)27(5)39(52)56-32(43(7)37(25(3)34(23)49)46-41(53)58-43)18-20-45-33(48)16-15-28-17-19-44-30-14-12-11-13-29(28)30/h11-14,17,19,23-27,31-32,36-38,40,51H,15-16,18,20-22H2,1-10H3,(H,45,48)(H,46,53)/t23-,24?,25+,26+,27-,31?,32-,36?,37-,38-,40?,42-,43-/m1/s1. The van der Waals surface area contributed by atoms with Crippen LogP contribution in [0.15, 0.2) is 36.5 Å². The predicted molar refractivity (Wildman–Crippen MR) is 213 cm³/mol. The number of aryl methyl sites for hydroxylation is 1. The second-order valence-corrected chi connectivity index (χ2v) is 17.1. The molecule has 15 nitrogen and oxygen atoms in total. The third-order valence-electron chi connectivity index (χ3n) is 12.6. The molecule has 13 atom stereocenters. The van der Waals surface area contributed by atoms with E-state index in [2.05, 4.69) is 15.6 Å². The van der Waals surface area contributed by atoms with Gasteiger partial charge in [0, 0.05) is 61.9 Å². The van der Waals surface area contributed by atoms with Gasteiger partial charge in [-0.25, -0.2) is 4.79 Å². The van der Waals surface area contributed by atoms with Crippen LogP contribution in [-0.2, 0) is 49.3 Å². The lowest BCUT2D eigenvalue weighted by molar-refractivity contribution is -0.295. The van der Waals surface area contributed by atoms with Gasteiger partial charge in [0.1, 0.15) is 23.9 Å². The van der Waals surface area contributed by atoms with Gasteiger partial charge < -0.3 is 44.3 Å². The van der Waals surface area contributed by atoms with E-state index in [-0.39, 0.29) is 49.6 Å². The zero-order valence-corrected chi connectivity index (χ0v) is 35.5. The van der Waals surface area contributed by atoms with E-state index in [9.17, 15) is 29.1 Å². The molecule has 3 N–H and O–H groups in total.